The van der Waals surface area contributed by atoms with Crippen LogP contribution < -0.4 is 0 Å². The number of carbonyl (C=O) groups is 1. The number of aromatic carboxylic acids is 1. The fourth-order valence-corrected chi connectivity index (χ4v) is 3.30. The molecule has 1 aliphatic rings. The van der Waals surface area contributed by atoms with Gasteiger partial charge in [-0.15, -0.1) is 11.3 Å². The molecule has 1 aromatic heterocycles. The summed E-state index contributed by atoms with van der Waals surface area (Å²) in [6.45, 7) is 0. The summed E-state index contributed by atoms with van der Waals surface area (Å²) in [5.74, 6) is -0.852. The molecule has 1 N–H and O–H groups in total. The van der Waals surface area contributed by atoms with Crippen LogP contribution in [0.15, 0.2) is 24.3 Å². The van der Waals surface area contributed by atoms with Gasteiger partial charge < -0.3 is 5.11 Å². The summed E-state index contributed by atoms with van der Waals surface area (Å²) in [5, 5.41) is 9.65. The van der Waals surface area contributed by atoms with Crippen molar-refractivity contribution in [1.82, 2.24) is 0 Å². The van der Waals surface area contributed by atoms with Crippen molar-refractivity contribution >= 4 is 28.9 Å². The molecule has 1 aliphatic carbocycles. The average Bonchev–Trinajstić information content (AvgIpc) is 2.73. The second-order valence-electron chi connectivity index (χ2n) is 3.75. The Balaban J connectivity index is 2.16. The molecule has 80 valence electrons. The summed E-state index contributed by atoms with van der Waals surface area (Å²) >= 11 is 7.26. The third-order valence-corrected chi connectivity index (χ3v) is 4.15. The van der Waals surface area contributed by atoms with Crippen molar-refractivity contribution < 1.29 is 9.90 Å². The maximum absolute atomic E-state index is 10.9. The van der Waals surface area contributed by atoms with Crippen molar-refractivity contribution in [2.24, 2.45) is 0 Å². The van der Waals surface area contributed by atoms with E-state index in [2.05, 4.69) is 0 Å². The third-order valence-electron chi connectivity index (χ3n) is 2.71. The standard InChI is InChI=1S/C12H7ClO2S/c13-8-1-2-9-6(4-8)3-7-5-10(12(14)15)16-11(7)9/h1-2,4-5H,3H2,(H,14,15). The van der Waals surface area contributed by atoms with Crippen LogP contribution in [0.1, 0.15) is 20.8 Å². The van der Waals surface area contributed by atoms with Crippen molar-refractivity contribution in [3.05, 3.63) is 45.3 Å². The summed E-state index contributed by atoms with van der Waals surface area (Å²) in [5.41, 5.74) is 3.40. The van der Waals surface area contributed by atoms with Crippen LogP contribution in [-0.2, 0) is 6.42 Å². The maximum Gasteiger partial charge on any atom is 0.345 e. The zero-order valence-corrected chi connectivity index (χ0v) is 9.73. The SMILES string of the molecule is O=C(O)c1cc2c(s1)-c1ccc(Cl)cc1C2. The molecule has 0 amide bonds. The highest BCUT2D eigenvalue weighted by Crippen LogP contribution is 2.43. The molecule has 0 aliphatic heterocycles. The van der Waals surface area contributed by atoms with E-state index >= 15 is 0 Å². The molecule has 1 aromatic carbocycles. The van der Waals surface area contributed by atoms with Crippen LogP contribution in [-0.4, -0.2) is 11.1 Å². The Hall–Kier alpha value is -1.32. The Bertz CT molecular complexity index is 601. The number of rotatable bonds is 1. The Morgan fingerprint density at radius 1 is 1.31 bits per heavy atom. The third kappa shape index (κ3) is 1.36. The number of halogens is 1. The number of thiophene rings is 1. The van der Waals surface area contributed by atoms with Gasteiger partial charge in [-0.1, -0.05) is 17.7 Å². The van der Waals surface area contributed by atoms with Crippen LogP contribution in [0, 0.1) is 0 Å². The molecule has 0 bridgehead atoms. The summed E-state index contributed by atoms with van der Waals surface area (Å²) in [6.07, 6.45) is 0.787. The fourth-order valence-electron chi connectivity index (χ4n) is 2.03. The van der Waals surface area contributed by atoms with E-state index in [1.165, 1.54) is 16.9 Å². The molecule has 0 fully saturated rings. The van der Waals surface area contributed by atoms with Gasteiger partial charge in [-0.25, -0.2) is 4.79 Å². The van der Waals surface area contributed by atoms with Crippen LogP contribution in [0.5, 0.6) is 0 Å². The molecule has 0 spiro atoms. The van der Waals surface area contributed by atoms with Gasteiger partial charge in [0.25, 0.3) is 0 Å². The number of hydrogen-bond donors (Lipinski definition) is 1. The van der Waals surface area contributed by atoms with E-state index in [-0.39, 0.29) is 0 Å². The Morgan fingerprint density at radius 2 is 2.12 bits per heavy atom. The van der Waals surface area contributed by atoms with Crippen LogP contribution in [0.4, 0.5) is 0 Å². The molecular weight excluding hydrogens is 244 g/mol. The van der Waals surface area contributed by atoms with E-state index in [0.29, 0.717) is 4.88 Å². The van der Waals surface area contributed by atoms with E-state index in [0.717, 1.165) is 27.4 Å². The van der Waals surface area contributed by atoms with E-state index in [9.17, 15) is 4.79 Å². The van der Waals surface area contributed by atoms with E-state index in [1.54, 1.807) is 6.07 Å². The molecule has 2 aromatic rings. The number of fused-ring (bicyclic) bond motifs is 3. The lowest BCUT2D eigenvalue weighted by atomic mass is 10.1. The van der Waals surface area contributed by atoms with Gasteiger partial charge in [-0.05, 0) is 41.3 Å². The molecule has 0 saturated heterocycles. The van der Waals surface area contributed by atoms with Gasteiger partial charge in [-0.3, -0.25) is 0 Å². The molecule has 16 heavy (non-hydrogen) atoms. The highest BCUT2D eigenvalue weighted by Gasteiger charge is 2.23. The summed E-state index contributed by atoms with van der Waals surface area (Å²) in [6, 6.07) is 7.52. The van der Waals surface area contributed by atoms with Gasteiger partial charge in [0, 0.05) is 9.90 Å². The summed E-state index contributed by atoms with van der Waals surface area (Å²) in [7, 11) is 0. The zero-order chi connectivity index (χ0) is 11.3. The van der Waals surface area contributed by atoms with Crippen LogP contribution >= 0.6 is 22.9 Å². The molecule has 0 radical (unpaired) electrons. The number of carboxylic acid groups (broad SMARTS) is 1. The minimum absolute atomic E-state index is 0.408. The van der Waals surface area contributed by atoms with Crippen LogP contribution in [0.2, 0.25) is 5.02 Å². The van der Waals surface area contributed by atoms with Crippen LogP contribution in [0.25, 0.3) is 10.4 Å². The average molecular weight is 251 g/mol. The first kappa shape index (κ1) is 9.87. The highest BCUT2D eigenvalue weighted by molar-refractivity contribution is 7.17. The van der Waals surface area contributed by atoms with Crippen molar-refractivity contribution in [1.29, 1.82) is 0 Å². The fraction of sp³-hybridized carbons (Fsp3) is 0.0833. The Kier molecular flexibility index (Phi) is 2.06. The first-order chi connectivity index (χ1) is 7.65. The summed E-state index contributed by atoms with van der Waals surface area (Å²) in [4.78, 5) is 12.3. The quantitative estimate of drug-likeness (QED) is 0.716. The smallest absolute Gasteiger partial charge is 0.345 e. The highest BCUT2D eigenvalue weighted by atomic mass is 35.5. The predicted molar refractivity (Wildman–Crippen MR) is 64.5 cm³/mol. The molecule has 2 nitrogen and oxygen atoms in total. The van der Waals surface area contributed by atoms with Gasteiger partial charge >= 0.3 is 5.97 Å². The Labute approximate surface area is 101 Å². The van der Waals surface area contributed by atoms with Gasteiger partial charge in [0.15, 0.2) is 0 Å². The predicted octanol–water partition coefficient (Wildman–Crippen LogP) is 3.67. The van der Waals surface area contributed by atoms with Crippen LogP contribution in [0.3, 0.4) is 0 Å². The number of benzene rings is 1. The first-order valence-corrected chi connectivity index (χ1v) is 5.99. The summed E-state index contributed by atoms with van der Waals surface area (Å²) < 4.78 is 0. The number of carboxylic acids is 1. The topological polar surface area (TPSA) is 37.3 Å². The molecular formula is C12H7ClO2S. The monoisotopic (exact) mass is 250 g/mol. The number of hydrogen-bond acceptors (Lipinski definition) is 2. The zero-order valence-electron chi connectivity index (χ0n) is 8.16. The molecule has 4 heteroatoms. The lowest BCUT2D eigenvalue weighted by molar-refractivity contribution is 0.0702. The van der Waals surface area contributed by atoms with E-state index in [4.69, 9.17) is 16.7 Å². The Morgan fingerprint density at radius 3 is 2.88 bits per heavy atom. The van der Waals surface area contributed by atoms with Gasteiger partial charge in [0.1, 0.15) is 4.88 Å². The molecule has 3 rings (SSSR count). The van der Waals surface area contributed by atoms with Crippen molar-refractivity contribution in [3.63, 3.8) is 0 Å². The lowest BCUT2D eigenvalue weighted by Gasteiger charge is -1.99. The second-order valence-corrected chi connectivity index (χ2v) is 5.24. The maximum atomic E-state index is 10.9. The van der Waals surface area contributed by atoms with Crippen molar-refractivity contribution in [2.75, 3.05) is 0 Å². The molecule has 1 heterocycles. The van der Waals surface area contributed by atoms with Crippen molar-refractivity contribution in [2.45, 2.75) is 6.42 Å². The minimum atomic E-state index is -0.852. The van der Waals surface area contributed by atoms with E-state index in [1.807, 2.05) is 18.2 Å². The minimum Gasteiger partial charge on any atom is -0.477 e. The molecule has 0 unspecified atom stereocenters. The van der Waals surface area contributed by atoms with Gasteiger partial charge in [-0.2, -0.15) is 0 Å². The molecule has 0 atom stereocenters. The van der Waals surface area contributed by atoms with Gasteiger partial charge in [0.2, 0.25) is 0 Å². The molecule has 0 saturated carbocycles. The largest absolute Gasteiger partial charge is 0.477 e. The second kappa shape index (κ2) is 3.34. The van der Waals surface area contributed by atoms with E-state index < -0.39 is 5.97 Å². The van der Waals surface area contributed by atoms with Crippen molar-refractivity contribution in [3.8, 4) is 10.4 Å². The normalized spacial score (nSPS) is 12.3. The lowest BCUT2D eigenvalue weighted by Crippen LogP contribution is -1.91. The van der Waals surface area contributed by atoms with Gasteiger partial charge in [0.05, 0.1) is 0 Å². The first-order valence-electron chi connectivity index (χ1n) is 4.80.